The van der Waals surface area contributed by atoms with Crippen molar-refractivity contribution in [3.63, 3.8) is 0 Å². The van der Waals surface area contributed by atoms with Crippen LogP contribution < -0.4 is 4.90 Å². The largest absolute Gasteiger partial charge is 0.322 e. The SMILES string of the molecule is Cc1ccc2nc(-c3ccc(N4C(=O)CC(N(C(=O)c5cccs5)C5CCCCC5)C4=O)cc3)sc2c1. The highest BCUT2D eigenvalue weighted by molar-refractivity contribution is 7.21. The summed E-state index contributed by atoms with van der Waals surface area (Å²) in [6, 6.07) is 16.5. The van der Waals surface area contributed by atoms with Crippen molar-refractivity contribution in [2.75, 3.05) is 4.90 Å². The van der Waals surface area contributed by atoms with Crippen LogP contribution in [0.3, 0.4) is 0 Å². The van der Waals surface area contributed by atoms with E-state index in [2.05, 4.69) is 19.1 Å². The maximum Gasteiger partial charge on any atom is 0.264 e. The predicted octanol–water partition coefficient (Wildman–Crippen LogP) is 6.44. The lowest BCUT2D eigenvalue weighted by Gasteiger charge is -2.37. The van der Waals surface area contributed by atoms with Crippen LogP contribution in [0.15, 0.2) is 60.0 Å². The number of fused-ring (bicyclic) bond motifs is 1. The summed E-state index contributed by atoms with van der Waals surface area (Å²) in [4.78, 5) is 48.7. The Morgan fingerprint density at radius 1 is 1.03 bits per heavy atom. The first-order chi connectivity index (χ1) is 18.0. The molecule has 37 heavy (non-hydrogen) atoms. The van der Waals surface area contributed by atoms with E-state index in [1.54, 1.807) is 34.4 Å². The maximum absolute atomic E-state index is 13.7. The third-order valence-electron chi connectivity index (χ3n) is 7.31. The zero-order valence-corrected chi connectivity index (χ0v) is 22.2. The lowest BCUT2D eigenvalue weighted by molar-refractivity contribution is -0.123. The highest BCUT2D eigenvalue weighted by Gasteiger charge is 2.46. The van der Waals surface area contributed by atoms with Gasteiger partial charge in [-0.2, -0.15) is 0 Å². The first-order valence-corrected chi connectivity index (χ1v) is 14.4. The van der Waals surface area contributed by atoms with Crippen LogP contribution >= 0.6 is 22.7 Å². The number of imide groups is 1. The number of aryl methyl sites for hydroxylation is 1. The van der Waals surface area contributed by atoms with E-state index < -0.39 is 6.04 Å². The van der Waals surface area contributed by atoms with Crippen molar-refractivity contribution in [1.29, 1.82) is 0 Å². The average Bonchev–Trinajstić information content (AvgIpc) is 3.65. The molecule has 1 aliphatic heterocycles. The number of thiazole rings is 1. The van der Waals surface area contributed by atoms with Gasteiger partial charge < -0.3 is 4.90 Å². The summed E-state index contributed by atoms with van der Waals surface area (Å²) in [6.07, 6.45) is 4.96. The van der Waals surface area contributed by atoms with E-state index in [1.807, 2.05) is 29.6 Å². The van der Waals surface area contributed by atoms with Gasteiger partial charge in [0.25, 0.3) is 11.8 Å². The van der Waals surface area contributed by atoms with E-state index in [0.717, 1.165) is 52.9 Å². The zero-order valence-electron chi connectivity index (χ0n) is 20.6. The van der Waals surface area contributed by atoms with Crippen LogP contribution in [0.1, 0.15) is 53.8 Å². The smallest absolute Gasteiger partial charge is 0.264 e. The van der Waals surface area contributed by atoms with E-state index in [9.17, 15) is 14.4 Å². The highest BCUT2D eigenvalue weighted by atomic mass is 32.1. The van der Waals surface area contributed by atoms with Gasteiger partial charge in [0.2, 0.25) is 5.91 Å². The summed E-state index contributed by atoms with van der Waals surface area (Å²) in [6.45, 7) is 2.06. The van der Waals surface area contributed by atoms with Gasteiger partial charge in [0.15, 0.2) is 0 Å². The maximum atomic E-state index is 13.7. The van der Waals surface area contributed by atoms with Crippen molar-refractivity contribution in [2.24, 2.45) is 0 Å². The first kappa shape index (κ1) is 24.0. The van der Waals surface area contributed by atoms with Crippen molar-refractivity contribution in [2.45, 2.75) is 57.5 Å². The molecule has 6 nitrogen and oxygen atoms in total. The lowest BCUT2D eigenvalue weighted by atomic mass is 9.92. The second-order valence-corrected chi connectivity index (χ2v) is 11.8. The summed E-state index contributed by atoms with van der Waals surface area (Å²) in [5, 5.41) is 2.77. The third kappa shape index (κ3) is 4.49. The fraction of sp³-hybridized carbons (Fsp3) is 0.310. The Morgan fingerprint density at radius 2 is 1.81 bits per heavy atom. The standard InChI is InChI=1S/C29H27N3O3S2/c1-18-9-14-22-25(16-18)37-27(30-22)19-10-12-21(13-11-19)32-26(33)17-23(28(32)34)31(20-6-3-2-4-7-20)29(35)24-8-5-15-36-24/h5,8-16,20,23H,2-4,6-7,17H2,1H3. The topological polar surface area (TPSA) is 70.6 Å². The van der Waals surface area contributed by atoms with E-state index in [4.69, 9.17) is 4.98 Å². The second kappa shape index (κ2) is 9.84. The number of aromatic nitrogens is 1. The molecule has 1 atom stereocenters. The van der Waals surface area contributed by atoms with Gasteiger partial charge in [-0.25, -0.2) is 9.88 Å². The van der Waals surface area contributed by atoms with Crippen LogP contribution in [0.4, 0.5) is 5.69 Å². The fourth-order valence-electron chi connectivity index (χ4n) is 5.46. The second-order valence-electron chi connectivity index (χ2n) is 9.81. The van der Waals surface area contributed by atoms with Crippen molar-refractivity contribution < 1.29 is 14.4 Å². The van der Waals surface area contributed by atoms with Gasteiger partial charge in [0.05, 0.1) is 27.2 Å². The minimum Gasteiger partial charge on any atom is -0.322 e. The highest BCUT2D eigenvalue weighted by Crippen LogP contribution is 2.35. The minimum atomic E-state index is -0.766. The van der Waals surface area contributed by atoms with Gasteiger partial charge in [0.1, 0.15) is 11.0 Å². The van der Waals surface area contributed by atoms with Gasteiger partial charge in [0, 0.05) is 11.6 Å². The van der Waals surface area contributed by atoms with E-state index >= 15 is 0 Å². The van der Waals surface area contributed by atoms with E-state index in [-0.39, 0.29) is 30.2 Å². The number of hydrogen-bond acceptors (Lipinski definition) is 6. The van der Waals surface area contributed by atoms with Gasteiger partial charge in [-0.15, -0.1) is 22.7 Å². The molecule has 188 valence electrons. The number of rotatable bonds is 5. The molecular formula is C29H27N3O3S2. The Kier molecular flexibility index (Phi) is 6.38. The van der Waals surface area contributed by atoms with E-state index in [0.29, 0.717) is 10.6 Å². The molecule has 1 aliphatic carbocycles. The Labute approximate surface area is 223 Å². The van der Waals surface area contributed by atoms with Crippen LogP contribution in [0.25, 0.3) is 20.8 Å². The van der Waals surface area contributed by atoms with Crippen LogP contribution in [0, 0.1) is 6.92 Å². The number of amides is 3. The molecule has 2 fully saturated rings. The Hall–Kier alpha value is -3.36. The molecule has 8 heteroatoms. The van der Waals surface area contributed by atoms with Gasteiger partial charge in [-0.1, -0.05) is 31.4 Å². The summed E-state index contributed by atoms with van der Waals surface area (Å²) in [7, 11) is 0. The summed E-state index contributed by atoms with van der Waals surface area (Å²) >= 11 is 3.00. The number of nitrogens with zero attached hydrogens (tertiary/aromatic N) is 3. The Balaban J connectivity index is 1.27. The summed E-state index contributed by atoms with van der Waals surface area (Å²) in [5.74, 6) is -0.724. The molecule has 1 saturated carbocycles. The number of carbonyl (C=O) groups excluding carboxylic acids is 3. The first-order valence-electron chi connectivity index (χ1n) is 12.7. The molecule has 2 aromatic carbocycles. The van der Waals surface area contributed by atoms with Crippen molar-refractivity contribution >= 4 is 56.3 Å². The van der Waals surface area contributed by atoms with Gasteiger partial charge >= 0.3 is 0 Å². The number of carbonyl (C=O) groups is 3. The molecule has 1 unspecified atom stereocenters. The summed E-state index contributed by atoms with van der Waals surface area (Å²) in [5.41, 5.74) is 3.62. The fourth-order valence-corrected chi connectivity index (χ4v) is 7.20. The monoisotopic (exact) mass is 529 g/mol. The van der Waals surface area contributed by atoms with Gasteiger partial charge in [-0.3, -0.25) is 14.4 Å². The molecule has 3 amide bonds. The van der Waals surface area contributed by atoms with Crippen LogP contribution in [-0.2, 0) is 9.59 Å². The zero-order chi connectivity index (χ0) is 25.5. The number of benzene rings is 2. The normalized spacial score (nSPS) is 18.6. The number of anilines is 1. The molecule has 2 aliphatic rings. The quantitative estimate of drug-likeness (QED) is 0.279. The van der Waals surface area contributed by atoms with E-state index in [1.165, 1.54) is 21.8 Å². The molecular weight excluding hydrogens is 502 g/mol. The Bertz CT molecular complexity index is 1470. The summed E-state index contributed by atoms with van der Waals surface area (Å²) < 4.78 is 1.13. The Morgan fingerprint density at radius 3 is 2.54 bits per heavy atom. The number of hydrogen-bond donors (Lipinski definition) is 0. The van der Waals surface area contributed by atoms with Crippen LogP contribution in [-0.4, -0.2) is 39.7 Å². The molecule has 1 saturated heterocycles. The molecule has 0 radical (unpaired) electrons. The van der Waals surface area contributed by atoms with Crippen molar-refractivity contribution in [3.8, 4) is 10.6 Å². The predicted molar refractivity (Wildman–Crippen MR) is 148 cm³/mol. The van der Waals surface area contributed by atoms with Crippen molar-refractivity contribution in [1.82, 2.24) is 9.88 Å². The lowest BCUT2D eigenvalue weighted by Crippen LogP contribution is -2.51. The van der Waals surface area contributed by atoms with Crippen LogP contribution in [0.5, 0.6) is 0 Å². The minimum absolute atomic E-state index is 0.0184. The molecule has 0 spiro atoms. The molecule has 0 bridgehead atoms. The van der Waals surface area contributed by atoms with Crippen LogP contribution in [0.2, 0.25) is 0 Å². The van der Waals surface area contributed by atoms with Crippen molar-refractivity contribution in [3.05, 3.63) is 70.4 Å². The van der Waals surface area contributed by atoms with Gasteiger partial charge in [-0.05, 0) is 73.2 Å². The average molecular weight is 530 g/mol. The molecule has 6 rings (SSSR count). The molecule has 0 N–H and O–H groups in total. The molecule has 2 aromatic heterocycles. The number of thiophene rings is 1. The molecule has 3 heterocycles. The molecule has 4 aromatic rings. The third-order valence-corrected chi connectivity index (χ3v) is 9.23.